The fraction of sp³-hybridized carbons (Fsp3) is 0.571. The van der Waals surface area contributed by atoms with Gasteiger partial charge in [-0.1, -0.05) is 6.07 Å². The summed E-state index contributed by atoms with van der Waals surface area (Å²) < 4.78 is 27.8. The zero-order chi connectivity index (χ0) is 14.8. The molecular weight excluding hydrogens is 274 g/mol. The molecule has 0 fully saturated rings. The molecule has 0 aromatic heterocycles. The van der Waals surface area contributed by atoms with Gasteiger partial charge in [-0.05, 0) is 51.6 Å². The SMILES string of the molecule is CC(CN(C)C)NS(=O)(=O)c1cccc2c1CCCN2. The summed E-state index contributed by atoms with van der Waals surface area (Å²) in [6, 6.07) is 5.30. The van der Waals surface area contributed by atoms with E-state index >= 15 is 0 Å². The number of hydrogen-bond acceptors (Lipinski definition) is 4. The normalized spacial score (nSPS) is 16.6. The Morgan fingerprint density at radius 2 is 2.15 bits per heavy atom. The number of fused-ring (bicyclic) bond motifs is 1. The van der Waals surface area contributed by atoms with Crippen LogP contribution in [-0.2, 0) is 16.4 Å². The van der Waals surface area contributed by atoms with E-state index in [1.807, 2.05) is 32.0 Å². The minimum atomic E-state index is -3.46. The van der Waals surface area contributed by atoms with E-state index in [0.29, 0.717) is 11.4 Å². The molecule has 0 aliphatic carbocycles. The lowest BCUT2D eigenvalue weighted by Gasteiger charge is -2.23. The van der Waals surface area contributed by atoms with Gasteiger partial charge in [-0.25, -0.2) is 13.1 Å². The predicted octanol–water partition coefficient (Wildman–Crippen LogP) is 1.27. The Labute approximate surface area is 121 Å². The predicted molar refractivity (Wildman–Crippen MR) is 81.6 cm³/mol. The Balaban J connectivity index is 2.26. The molecule has 0 amide bonds. The van der Waals surface area contributed by atoms with Gasteiger partial charge in [0, 0.05) is 24.8 Å². The molecule has 0 radical (unpaired) electrons. The maximum Gasteiger partial charge on any atom is 0.241 e. The smallest absolute Gasteiger partial charge is 0.241 e. The highest BCUT2D eigenvalue weighted by Gasteiger charge is 2.23. The number of nitrogens with one attached hydrogen (secondary N) is 2. The zero-order valence-corrected chi connectivity index (χ0v) is 13.1. The quantitative estimate of drug-likeness (QED) is 0.859. The Morgan fingerprint density at radius 1 is 1.40 bits per heavy atom. The summed E-state index contributed by atoms with van der Waals surface area (Å²) in [5.41, 5.74) is 1.85. The summed E-state index contributed by atoms with van der Waals surface area (Å²) in [7, 11) is 0.396. The number of rotatable bonds is 5. The van der Waals surface area contributed by atoms with Crippen molar-refractivity contribution in [1.29, 1.82) is 0 Å². The summed E-state index contributed by atoms with van der Waals surface area (Å²) in [5.74, 6) is 0. The van der Waals surface area contributed by atoms with Gasteiger partial charge in [-0.2, -0.15) is 0 Å². The molecule has 1 unspecified atom stereocenters. The summed E-state index contributed by atoms with van der Waals surface area (Å²) in [4.78, 5) is 2.38. The average Bonchev–Trinajstić information content (AvgIpc) is 2.36. The molecule has 0 spiro atoms. The van der Waals surface area contributed by atoms with Crippen LogP contribution in [0.25, 0.3) is 0 Å². The molecule has 2 rings (SSSR count). The van der Waals surface area contributed by atoms with Gasteiger partial charge in [0.15, 0.2) is 0 Å². The number of likely N-dealkylation sites (N-methyl/N-ethyl adjacent to an activating group) is 1. The lowest BCUT2D eigenvalue weighted by atomic mass is 10.0. The first-order valence-corrected chi connectivity index (χ1v) is 8.41. The maximum atomic E-state index is 12.5. The first-order chi connectivity index (χ1) is 9.40. The molecule has 0 saturated heterocycles. The Hall–Kier alpha value is -1.11. The topological polar surface area (TPSA) is 61.4 Å². The second kappa shape index (κ2) is 6.11. The van der Waals surface area contributed by atoms with Crippen LogP contribution >= 0.6 is 0 Å². The van der Waals surface area contributed by atoms with Crippen LogP contribution in [-0.4, -0.2) is 46.5 Å². The molecule has 0 bridgehead atoms. The van der Waals surface area contributed by atoms with Crippen molar-refractivity contribution in [3.8, 4) is 0 Å². The minimum absolute atomic E-state index is 0.123. The van der Waals surface area contributed by atoms with Gasteiger partial charge < -0.3 is 10.2 Å². The summed E-state index contributed by atoms with van der Waals surface area (Å²) >= 11 is 0. The molecular formula is C14H23N3O2S. The third-order valence-electron chi connectivity index (χ3n) is 3.34. The molecule has 1 aliphatic rings. The Bertz CT molecular complexity index is 570. The molecule has 1 heterocycles. The number of sulfonamides is 1. The molecule has 1 aromatic carbocycles. The number of benzene rings is 1. The Kier molecular flexibility index (Phi) is 4.67. The molecule has 5 nitrogen and oxygen atoms in total. The zero-order valence-electron chi connectivity index (χ0n) is 12.3. The highest BCUT2D eigenvalue weighted by Crippen LogP contribution is 2.28. The first-order valence-electron chi connectivity index (χ1n) is 6.93. The van der Waals surface area contributed by atoms with E-state index in [9.17, 15) is 8.42 Å². The van der Waals surface area contributed by atoms with Gasteiger partial charge in [0.25, 0.3) is 0 Å². The van der Waals surface area contributed by atoms with Crippen LogP contribution in [0.5, 0.6) is 0 Å². The summed E-state index contributed by atoms with van der Waals surface area (Å²) in [6.07, 6.45) is 1.77. The molecule has 1 aliphatic heterocycles. The van der Waals surface area contributed by atoms with Gasteiger partial charge in [-0.15, -0.1) is 0 Å². The van der Waals surface area contributed by atoms with Crippen molar-refractivity contribution >= 4 is 15.7 Å². The van der Waals surface area contributed by atoms with Crippen LogP contribution in [0.1, 0.15) is 18.9 Å². The van der Waals surface area contributed by atoms with Gasteiger partial charge >= 0.3 is 0 Å². The number of nitrogens with zero attached hydrogens (tertiary/aromatic N) is 1. The van der Waals surface area contributed by atoms with E-state index in [1.165, 1.54) is 0 Å². The number of anilines is 1. The van der Waals surface area contributed by atoms with Crippen LogP contribution in [0.2, 0.25) is 0 Å². The largest absolute Gasteiger partial charge is 0.385 e. The lowest BCUT2D eigenvalue weighted by Crippen LogP contribution is -2.39. The number of hydrogen-bond donors (Lipinski definition) is 2. The second-order valence-corrected chi connectivity index (χ2v) is 7.28. The van der Waals surface area contributed by atoms with Gasteiger partial charge in [0.05, 0.1) is 4.90 Å². The molecule has 20 heavy (non-hydrogen) atoms. The summed E-state index contributed by atoms with van der Waals surface area (Å²) in [5, 5.41) is 3.26. The fourth-order valence-electron chi connectivity index (χ4n) is 2.64. The van der Waals surface area contributed by atoms with Crippen LogP contribution in [0.3, 0.4) is 0 Å². The van der Waals surface area contributed by atoms with E-state index in [-0.39, 0.29) is 6.04 Å². The van der Waals surface area contributed by atoms with Gasteiger partial charge in [0.2, 0.25) is 10.0 Å². The van der Waals surface area contributed by atoms with E-state index in [2.05, 4.69) is 10.0 Å². The maximum absolute atomic E-state index is 12.5. The lowest BCUT2D eigenvalue weighted by molar-refractivity contribution is 0.370. The fourth-order valence-corrected chi connectivity index (χ4v) is 4.17. The molecule has 0 saturated carbocycles. The second-order valence-electron chi connectivity index (χ2n) is 5.60. The monoisotopic (exact) mass is 297 g/mol. The van der Waals surface area contributed by atoms with Crippen molar-refractivity contribution in [2.45, 2.75) is 30.7 Å². The van der Waals surface area contributed by atoms with Crippen molar-refractivity contribution in [2.24, 2.45) is 0 Å². The molecule has 1 atom stereocenters. The van der Waals surface area contributed by atoms with Crippen molar-refractivity contribution < 1.29 is 8.42 Å². The standard InChI is InChI=1S/C14H23N3O2S/c1-11(10-17(2)3)16-20(18,19)14-8-4-7-13-12(14)6-5-9-15-13/h4,7-8,11,15-16H,5-6,9-10H2,1-3H3. The minimum Gasteiger partial charge on any atom is -0.385 e. The van der Waals surface area contributed by atoms with Crippen LogP contribution in [0, 0.1) is 0 Å². The van der Waals surface area contributed by atoms with E-state index in [0.717, 1.165) is 30.6 Å². The van der Waals surface area contributed by atoms with Crippen molar-refractivity contribution in [3.05, 3.63) is 23.8 Å². The van der Waals surface area contributed by atoms with Gasteiger partial charge in [0.1, 0.15) is 0 Å². The average molecular weight is 297 g/mol. The van der Waals surface area contributed by atoms with Crippen LogP contribution in [0.15, 0.2) is 23.1 Å². The highest BCUT2D eigenvalue weighted by molar-refractivity contribution is 7.89. The molecule has 112 valence electrons. The molecule has 2 N–H and O–H groups in total. The van der Waals surface area contributed by atoms with Crippen molar-refractivity contribution in [3.63, 3.8) is 0 Å². The summed E-state index contributed by atoms with van der Waals surface area (Å²) in [6.45, 7) is 3.46. The van der Waals surface area contributed by atoms with Crippen molar-refractivity contribution in [1.82, 2.24) is 9.62 Å². The third-order valence-corrected chi connectivity index (χ3v) is 5.01. The van der Waals surface area contributed by atoms with E-state index in [1.54, 1.807) is 12.1 Å². The third kappa shape index (κ3) is 3.50. The molecule has 1 aromatic rings. The highest BCUT2D eigenvalue weighted by atomic mass is 32.2. The van der Waals surface area contributed by atoms with Crippen LogP contribution in [0.4, 0.5) is 5.69 Å². The van der Waals surface area contributed by atoms with E-state index in [4.69, 9.17) is 0 Å². The first kappa shape index (κ1) is 15.3. The molecule has 6 heteroatoms. The van der Waals surface area contributed by atoms with Gasteiger partial charge in [-0.3, -0.25) is 0 Å². The van der Waals surface area contributed by atoms with Crippen LogP contribution < -0.4 is 10.0 Å². The van der Waals surface area contributed by atoms with E-state index < -0.39 is 10.0 Å². The van der Waals surface area contributed by atoms with Crippen molar-refractivity contribution in [2.75, 3.05) is 32.5 Å². The Morgan fingerprint density at radius 3 is 2.85 bits per heavy atom.